The predicted octanol–water partition coefficient (Wildman–Crippen LogP) is 1.65. The zero-order chi connectivity index (χ0) is 9.84. The first-order valence-electron chi connectivity index (χ1n) is 5.07. The first-order chi connectivity index (χ1) is 6.16. The van der Waals surface area contributed by atoms with Gasteiger partial charge in [0.15, 0.2) is 0 Å². The number of rotatable bonds is 5. The second-order valence-electron chi connectivity index (χ2n) is 3.91. The molecular weight excluding hydrogens is 168 g/mol. The molecule has 1 fully saturated rings. The third kappa shape index (κ3) is 2.44. The van der Waals surface area contributed by atoms with Gasteiger partial charge in [-0.05, 0) is 25.2 Å². The van der Waals surface area contributed by atoms with Crippen molar-refractivity contribution in [3.05, 3.63) is 0 Å². The van der Waals surface area contributed by atoms with Crippen molar-refractivity contribution in [1.82, 2.24) is 0 Å². The fourth-order valence-electron chi connectivity index (χ4n) is 1.86. The van der Waals surface area contributed by atoms with Crippen LogP contribution in [0, 0.1) is 11.8 Å². The van der Waals surface area contributed by atoms with Gasteiger partial charge in [0.2, 0.25) is 0 Å². The average Bonchev–Trinajstić information content (AvgIpc) is 1.95. The van der Waals surface area contributed by atoms with E-state index in [0.717, 1.165) is 25.7 Å². The summed E-state index contributed by atoms with van der Waals surface area (Å²) in [6.07, 6.45) is 3.92. The lowest BCUT2D eigenvalue weighted by molar-refractivity contribution is -0.148. The highest BCUT2D eigenvalue weighted by Crippen LogP contribution is 2.33. The van der Waals surface area contributed by atoms with Gasteiger partial charge in [0, 0.05) is 0 Å². The fraction of sp³-hybridized carbons (Fsp3) is 0.900. The molecule has 1 rings (SSSR count). The van der Waals surface area contributed by atoms with Crippen molar-refractivity contribution < 1.29 is 15.0 Å². The molecule has 0 spiro atoms. The second kappa shape index (κ2) is 4.61. The van der Waals surface area contributed by atoms with E-state index in [-0.39, 0.29) is 5.92 Å². The van der Waals surface area contributed by atoms with Crippen LogP contribution in [-0.4, -0.2) is 22.3 Å². The first kappa shape index (κ1) is 10.5. The van der Waals surface area contributed by atoms with Crippen LogP contribution in [0.5, 0.6) is 0 Å². The third-order valence-corrected chi connectivity index (χ3v) is 2.96. The topological polar surface area (TPSA) is 57.5 Å². The maximum absolute atomic E-state index is 10.8. The summed E-state index contributed by atoms with van der Waals surface area (Å²) in [5.41, 5.74) is 0. The van der Waals surface area contributed by atoms with Crippen LogP contribution in [-0.2, 0) is 4.79 Å². The van der Waals surface area contributed by atoms with Gasteiger partial charge >= 0.3 is 5.97 Å². The standard InChI is InChI=1S/C10H18O3/c1-2-4-8(10(12)13)9(11)7-5-3-6-7/h7-9,11H,2-6H2,1H3,(H,12,13). The van der Waals surface area contributed by atoms with Crippen molar-refractivity contribution in [3.8, 4) is 0 Å². The van der Waals surface area contributed by atoms with E-state index in [0.29, 0.717) is 6.42 Å². The maximum atomic E-state index is 10.8. The smallest absolute Gasteiger partial charge is 0.309 e. The maximum Gasteiger partial charge on any atom is 0.309 e. The molecule has 76 valence electrons. The van der Waals surface area contributed by atoms with Crippen molar-refractivity contribution in [3.63, 3.8) is 0 Å². The minimum atomic E-state index is -0.846. The number of carbonyl (C=O) groups is 1. The van der Waals surface area contributed by atoms with Gasteiger partial charge in [-0.3, -0.25) is 4.79 Å². The molecule has 2 unspecified atom stereocenters. The summed E-state index contributed by atoms with van der Waals surface area (Å²) in [6, 6.07) is 0. The molecule has 0 radical (unpaired) electrons. The Morgan fingerprint density at radius 1 is 1.54 bits per heavy atom. The van der Waals surface area contributed by atoms with E-state index >= 15 is 0 Å². The van der Waals surface area contributed by atoms with Crippen molar-refractivity contribution in [1.29, 1.82) is 0 Å². The molecule has 0 bridgehead atoms. The Morgan fingerprint density at radius 2 is 2.15 bits per heavy atom. The van der Waals surface area contributed by atoms with Crippen molar-refractivity contribution in [2.24, 2.45) is 11.8 Å². The van der Waals surface area contributed by atoms with Crippen LogP contribution >= 0.6 is 0 Å². The van der Waals surface area contributed by atoms with Gasteiger partial charge in [-0.1, -0.05) is 19.8 Å². The molecular formula is C10H18O3. The minimum absolute atomic E-state index is 0.243. The first-order valence-corrected chi connectivity index (χ1v) is 5.07. The van der Waals surface area contributed by atoms with Crippen LogP contribution in [0.2, 0.25) is 0 Å². The van der Waals surface area contributed by atoms with Crippen LogP contribution in [0.15, 0.2) is 0 Å². The Balaban J connectivity index is 2.46. The number of hydrogen-bond acceptors (Lipinski definition) is 2. The van der Waals surface area contributed by atoms with Gasteiger partial charge in [-0.2, -0.15) is 0 Å². The van der Waals surface area contributed by atoms with Crippen LogP contribution < -0.4 is 0 Å². The number of aliphatic hydroxyl groups excluding tert-OH is 1. The van der Waals surface area contributed by atoms with Gasteiger partial charge in [-0.15, -0.1) is 0 Å². The Morgan fingerprint density at radius 3 is 2.46 bits per heavy atom. The predicted molar refractivity (Wildman–Crippen MR) is 49.4 cm³/mol. The van der Waals surface area contributed by atoms with Crippen molar-refractivity contribution in [2.45, 2.75) is 45.1 Å². The quantitative estimate of drug-likeness (QED) is 0.686. The number of aliphatic carboxylic acids is 1. The lowest BCUT2D eigenvalue weighted by Gasteiger charge is -2.33. The summed E-state index contributed by atoms with van der Waals surface area (Å²) in [5.74, 6) is -1.15. The van der Waals surface area contributed by atoms with E-state index in [4.69, 9.17) is 5.11 Å². The van der Waals surface area contributed by atoms with Crippen LogP contribution in [0.4, 0.5) is 0 Å². The SMILES string of the molecule is CCCC(C(=O)O)C(O)C1CCC1. The van der Waals surface area contributed by atoms with Gasteiger partial charge in [0.25, 0.3) is 0 Å². The summed E-state index contributed by atoms with van der Waals surface area (Å²) >= 11 is 0. The summed E-state index contributed by atoms with van der Waals surface area (Å²) in [6.45, 7) is 1.95. The van der Waals surface area contributed by atoms with Gasteiger partial charge in [0.1, 0.15) is 0 Å². The highest BCUT2D eigenvalue weighted by atomic mass is 16.4. The van der Waals surface area contributed by atoms with Crippen LogP contribution in [0.1, 0.15) is 39.0 Å². The Bertz CT molecular complexity index is 175. The molecule has 1 aliphatic rings. The number of aliphatic hydroxyl groups is 1. The molecule has 0 aliphatic heterocycles. The lowest BCUT2D eigenvalue weighted by atomic mass is 9.75. The summed E-state index contributed by atoms with van der Waals surface area (Å²) in [7, 11) is 0. The van der Waals surface area contributed by atoms with E-state index < -0.39 is 18.0 Å². The van der Waals surface area contributed by atoms with Crippen molar-refractivity contribution in [2.75, 3.05) is 0 Å². The molecule has 0 saturated heterocycles. The summed E-state index contributed by atoms with van der Waals surface area (Å²) < 4.78 is 0. The van der Waals surface area contributed by atoms with E-state index in [1.54, 1.807) is 0 Å². The van der Waals surface area contributed by atoms with E-state index in [1.165, 1.54) is 0 Å². The van der Waals surface area contributed by atoms with Gasteiger partial charge in [0.05, 0.1) is 12.0 Å². The number of carboxylic acids is 1. The summed E-state index contributed by atoms with van der Waals surface area (Å²) in [4.78, 5) is 10.8. The highest BCUT2D eigenvalue weighted by molar-refractivity contribution is 5.70. The highest BCUT2D eigenvalue weighted by Gasteiger charge is 2.34. The number of carboxylic acid groups (broad SMARTS) is 1. The molecule has 2 N–H and O–H groups in total. The molecule has 0 aromatic carbocycles. The van der Waals surface area contributed by atoms with Gasteiger partial charge in [-0.25, -0.2) is 0 Å². The van der Waals surface area contributed by atoms with Gasteiger partial charge < -0.3 is 10.2 Å². The Kier molecular flexibility index (Phi) is 3.72. The fourth-order valence-corrected chi connectivity index (χ4v) is 1.86. The molecule has 1 saturated carbocycles. The molecule has 0 heterocycles. The molecule has 2 atom stereocenters. The molecule has 0 amide bonds. The van der Waals surface area contributed by atoms with Crippen molar-refractivity contribution >= 4 is 5.97 Å². The van der Waals surface area contributed by atoms with Crippen LogP contribution in [0.25, 0.3) is 0 Å². The molecule has 3 nitrogen and oxygen atoms in total. The monoisotopic (exact) mass is 186 g/mol. The van der Waals surface area contributed by atoms with E-state index in [9.17, 15) is 9.90 Å². The lowest BCUT2D eigenvalue weighted by Crippen LogP contribution is -2.37. The molecule has 1 aliphatic carbocycles. The third-order valence-electron chi connectivity index (χ3n) is 2.96. The zero-order valence-electron chi connectivity index (χ0n) is 8.07. The zero-order valence-corrected chi connectivity index (χ0v) is 8.07. The normalized spacial score (nSPS) is 22.0. The van der Waals surface area contributed by atoms with Crippen LogP contribution in [0.3, 0.4) is 0 Å². The van der Waals surface area contributed by atoms with E-state index in [1.807, 2.05) is 6.92 Å². The Labute approximate surface area is 78.8 Å². The summed E-state index contributed by atoms with van der Waals surface area (Å²) in [5, 5.41) is 18.6. The van der Waals surface area contributed by atoms with E-state index in [2.05, 4.69) is 0 Å². The number of hydrogen-bond donors (Lipinski definition) is 2. The average molecular weight is 186 g/mol. The minimum Gasteiger partial charge on any atom is -0.481 e. The Hall–Kier alpha value is -0.570. The molecule has 3 heteroatoms. The molecule has 13 heavy (non-hydrogen) atoms. The molecule has 0 aromatic heterocycles. The second-order valence-corrected chi connectivity index (χ2v) is 3.91. The largest absolute Gasteiger partial charge is 0.481 e. The molecule has 0 aromatic rings.